The van der Waals surface area contributed by atoms with Gasteiger partial charge in [-0.3, -0.25) is 0 Å². The summed E-state index contributed by atoms with van der Waals surface area (Å²) in [5.74, 6) is 0.388. The SMILES string of the molecule is CCCCS(=O)(=O)C(CCl)CCl. The van der Waals surface area contributed by atoms with Crippen molar-refractivity contribution in [1.82, 2.24) is 0 Å². The van der Waals surface area contributed by atoms with Crippen molar-refractivity contribution in [3.63, 3.8) is 0 Å². The summed E-state index contributed by atoms with van der Waals surface area (Å²) in [6.07, 6.45) is 1.56. The number of sulfone groups is 1. The molecule has 0 heterocycles. The van der Waals surface area contributed by atoms with Gasteiger partial charge < -0.3 is 0 Å². The molecule has 0 aromatic heterocycles. The average Bonchev–Trinajstić information content (AvgIpc) is 2.03. The van der Waals surface area contributed by atoms with Gasteiger partial charge in [0.15, 0.2) is 9.84 Å². The molecular weight excluding hydrogens is 219 g/mol. The maximum Gasteiger partial charge on any atom is 0.155 e. The van der Waals surface area contributed by atoms with Crippen LogP contribution in [0.15, 0.2) is 0 Å². The molecule has 0 atom stereocenters. The Labute approximate surface area is 84.2 Å². The standard InChI is InChI=1S/C7H14Cl2O2S/c1-2-3-4-12(10,11)7(5-8)6-9/h7H,2-6H2,1H3. The van der Waals surface area contributed by atoms with Gasteiger partial charge in [-0.15, -0.1) is 23.2 Å². The summed E-state index contributed by atoms with van der Waals surface area (Å²) in [7, 11) is -3.05. The molecule has 0 amide bonds. The number of rotatable bonds is 6. The van der Waals surface area contributed by atoms with Crippen LogP contribution in [-0.2, 0) is 9.84 Å². The molecule has 0 bridgehead atoms. The van der Waals surface area contributed by atoms with E-state index in [0.29, 0.717) is 6.42 Å². The van der Waals surface area contributed by atoms with Crippen LogP contribution in [0, 0.1) is 0 Å². The number of hydrogen-bond donors (Lipinski definition) is 0. The van der Waals surface area contributed by atoms with E-state index in [1.54, 1.807) is 0 Å². The van der Waals surface area contributed by atoms with Crippen LogP contribution in [0.2, 0.25) is 0 Å². The van der Waals surface area contributed by atoms with Gasteiger partial charge in [0.25, 0.3) is 0 Å². The van der Waals surface area contributed by atoms with E-state index in [2.05, 4.69) is 0 Å². The molecule has 0 fully saturated rings. The van der Waals surface area contributed by atoms with Crippen LogP contribution >= 0.6 is 23.2 Å². The highest BCUT2D eigenvalue weighted by Crippen LogP contribution is 2.09. The van der Waals surface area contributed by atoms with E-state index in [-0.39, 0.29) is 17.5 Å². The fraction of sp³-hybridized carbons (Fsp3) is 1.00. The van der Waals surface area contributed by atoms with Crippen molar-refractivity contribution in [1.29, 1.82) is 0 Å². The van der Waals surface area contributed by atoms with E-state index in [1.807, 2.05) is 6.92 Å². The van der Waals surface area contributed by atoms with E-state index >= 15 is 0 Å². The van der Waals surface area contributed by atoms with Crippen molar-refractivity contribution >= 4 is 33.0 Å². The van der Waals surface area contributed by atoms with E-state index in [0.717, 1.165) is 6.42 Å². The monoisotopic (exact) mass is 232 g/mol. The van der Waals surface area contributed by atoms with Gasteiger partial charge in [0.2, 0.25) is 0 Å². The Bertz CT molecular complexity index is 197. The van der Waals surface area contributed by atoms with Gasteiger partial charge in [-0.05, 0) is 6.42 Å². The summed E-state index contributed by atoms with van der Waals surface area (Å²) in [5, 5.41) is -0.576. The van der Waals surface area contributed by atoms with Crippen LogP contribution in [0.3, 0.4) is 0 Å². The Morgan fingerprint density at radius 3 is 2.08 bits per heavy atom. The maximum absolute atomic E-state index is 11.4. The van der Waals surface area contributed by atoms with E-state index in [9.17, 15) is 8.42 Å². The minimum absolute atomic E-state index is 0.0928. The van der Waals surface area contributed by atoms with Crippen molar-refractivity contribution in [2.24, 2.45) is 0 Å². The Morgan fingerprint density at radius 2 is 1.75 bits per heavy atom. The van der Waals surface area contributed by atoms with Crippen molar-refractivity contribution in [2.75, 3.05) is 17.5 Å². The topological polar surface area (TPSA) is 34.1 Å². The summed E-state index contributed by atoms with van der Waals surface area (Å²) in [6.45, 7) is 1.95. The van der Waals surface area contributed by atoms with Crippen molar-refractivity contribution in [3.05, 3.63) is 0 Å². The second-order valence-corrected chi connectivity index (χ2v) is 5.67. The second kappa shape index (κ2) is 6.06. The molecule has 0 N–H and O–H groups in total. The molecule has 0 spiro atoms. The number of alkyl halides is 2. The van der Waals surface area contributed by atoms with Gasteiger partial charge in [-0.25, -0.2) is 8.42 Å². The van der Waals surface area contributed by atoms with Crippen LogP contribution in [0.1, 0.15) is 19.8 Å². The number of hydrogen-bond acceptors (Lipinski definition) is 2. The smallest absolute Gasteiger partial charge is 0.155 e. The van der Waals surface area contributed by atoms with E-state index in [1.165, 1.54) is 0 Å². The third kappa shape index (κ3) is 3.97. The predicted molar refractivity (Wildman–Crippen MR) is 53.9 cm³/mol. The Hall–Kier alpha value is 0.530. The zero-order valence-electron chi connectivity index (χ0n) is 7.09. The molecule has 0 aromatic carbocycles. The van der Waals surface area contributed by atoms with Gasteiger partial charge in [0.05, 0.1) is 11.0 Å². The first-order valence-corrected chi connectivity index (χ1v) is 6.70. The first kappa shape index (κ1) is 12.5. The molecule has 5 heteroatoms. The highest BCUT2D eigenvalue weighted by atomic mass is 35.5. The fourth-order valence-electron chi connectivity index (χ4n) is 0.745. The van der Waals surface area contributed by atoms with Crippen molar-refractivity contribution < 1.29 is 8.42 Å². The van der Waals surface area contributed by atoms with Gasteiger partial charge in [0, 0.05) is 11.8 Å². The molecule has 74 valence electrons. The van der Waals surface area contributed by atoms with E-state index < -0.39 is 15.1 Å². The minimum atomic E-state index is -3.05. The van der Waals surface area contributed by atoms with Crippen LogP contribution in [-0.4, -0.2) is 31.2 Å². The van der Waals surface area contributed by atoms with Gasteiger partial charge in [0.1, 0.15) is 0 Å². The first-order valence-electron chi connectivity index (χ1n) is 3.92. The highest BCUT2D eigenvalue weighted by Gasteiger charge is 2.22. The number of halogens is 2. The molecule has 0 unspecified atom stereocenters. The summed E-state index contributed by atoms with van der Waals surface area (Å²) < 4.78 is 22.8. The molecule has 0 saturated carbocycles. The summed E-state index contributed by atoms with van der Waals surface area (Å²) >= 11 is 10.9. The van der Waals surface area contributed by atoms with Crippen LogP contribution < -0.4 is 0 Å². The summed E-state index contributed by atoms with van der Waals surface area (Å²) in [6, 6.07) is 0. The molecular formula is C7H14Cl2O2S. The molecule has 0 radical (unpaired) electrons. The molecule has 12 heavy (non-hydrogen) atoms. The maximum atomic E-state index is 11.4. The van der Waals surface area contributed by atoms with Crippen LogP contribution in [0.5, 0.6) is 0 Å². The summed E-state index contributed by atoms with van der Waals surface area (Å²) in [4.78, 5) is 0. The van der Waals surface area contributed by atoms with Gasteiger partial charge in [-0.1, -0.05) is 13.3 Å². The van der Waals surface area contributed by atoms with Crippen LogP contribution in [0.4, 0.5) is 0 Å². The lowest BCUT2D eigenvalue weighted by Gasteiger charge is -2.10. The molecule has 0 aliphatic carbocycles. The lowest BCUT2D eigenvalue weighted by atomic mass is 10.4. The third-order valence-corrected chi connectivity index (χ3v) is 4.95. The lowest BCUT2D eigenvalue weighted by Crippen LogP contribution is -2.27. The van der Waals surface area contributed by atoms with Crippen molar-refractivity contribution in [2.45, 2.75) is 25.0 Å². The molecule has 0 aliphatic heterocycles. The summed E-state index contributed by atoms with van der Waals surface area (Å²) in [5.41, 5.74) is 0. The van der Waals surface area contributed by atoms with Crippen molar-refractivity contribution in [3.8, 4) is 0 Å². The normalized spacial score (nSPS) is 12.3. The molecule has 0 rings (SSSR count). The lowest BCUT2D eigenvalue weighted by molar-refractivity contribution is 0.585. The molecule has 0 aromatic rings. The third-order valence-electron chi connectivity index (χ3n) is 1.63. The number of unbranched alkanes of at least 4 members (excludes halogenated alkanes) is 1. The van der Waals surface area contributed by atoms with Gasteiger partial charge in [-0.2, -0.15) is 0 Å². The fourth-order valence-corrected chi connectivity index (χ4v) is 3.64. The Morgan fingerprint density at radius 1 is 1.25 bits per heavy atom. The molecule has 0 saturated heterocycles. The zero-order chi connectivity index (χ0) is 9.61. The predicted octanol–water partition coefficient (Wildman–Crippen LogP) is 2.05. The largest absolute Gasteiger partial charge is 0.228 e. The second-order valence-electron chi connectivity index (χ2n) is 2.65. The zero-order valence-corrected chi connectivity index (χ0v) is 9.42. The highest BCUT2D eigenvalue weighted by molar-refractivity contribution is 7.92. The van der Waals surface area contributed by atoms with Gasteiger partial charge >= 0.3 is 0 Å². The van der Waals surface area contributed by atoms with E-state index in [4.69, 9.17) is 23.2 Å². The molecule has 0 aliphatic rings. The molecule has 2 nitrogen and oxygen atoms in total. The quantitative estimate of drug-likeness (QED) is 0.658. The first-order chi connectivity index (χ1) is 5.58. The Kier molecular flexibility index (Phi) is 6.32. The minimum Gasteiger partial charge on any atom is -0.228 e. The average molecular weight is 233 g/mol. The van der Waals surface area contributed by atoms with Crippen LogP contribution in [0.25, 0.3) is 0 Å². The Balaban J connectivity index is 4.17.